The van der Waals surface area contributed by atoms with Gasteiger partial charge in [0.2, 0.25) is 0 Å². The number of rotatable bonds is 2. The van der Waals surface area contributed by atoms with Crippen molar-refractivity contribution in [3.05, 3.63) is 0 Å². The first-order chi connectivity index (χ1) is 4.79. The van der Waals surface area contributed by atoms with Gasteiger partial charge in [0.15, 0.2) is 0 Å². The van der Waals surface area contributed by atoms with E-state index in [1.807, 2.05) is 0 Å². The molecule has 2 aliphatic rings. The van der Waals surface area contributed by atoms with Crippen LogP contribution in [0, 0.1) is 0 Å². The van der Waals surface area contributed by atoms with Gasteiger partial charge in [0.05, 0.1) is 0 Å². The zero-order valence-electron chi connectivity index (χ0n) is 6.34. The molecule has 0 amide bonds. The molecule has 0 aromatic rings. The lowest BCUT2D eigenvalue weighted by atomic mass is 9.43. The second-order valence-electron chi connectivity index (χ2n) is 3.81. The Hall–Kier alpha value is 0.415. The molecule has 0 nitrogen and oxygen atoms in total. The maximum absolute atomic E-state index is 4.65. The van der Waals surface area contributed by atoms with Crippen molar-refractivity contribution in [2.45, 2.75) is 49.0 Å². The molecular formula is C8H14BS. The summed E-state index contributed by atoms with van der Waals surface area (Å²) in [6, 6.07) is 0. The van der Waals surface area contributed by atoms with Crippen LogP contribution in [-0.2, 0) is 0 Å². The standard InChI is InChI=1S/C8H14BS/c10-8(5-2-6-8)9-7-3-1-4-7/h7,10H,1-6H2. The molecule has 0 spiro atoms. The van der Waals surface area contributed by atoms with E-state index in [4.69, 9.17) is 0 Å². The molecule has 0 N–H and O–H groups in total. The van der Waals surface area contributed by atoms with Crippen LogP contribution in [0.5, 0.6) is 0 Å². The average molecular weight is 153 g/mol. The van der Waals surface area contributed by atoms with Gasteiger partial charge in [-0.1, -0.05) is 31.5 Å². The lowest BCUT2D eigenvalue weighted by Crippen LogP contribution is -2.40. The second-order valence-corrected chi connectivity index (χ2v) is 4.71. The molecule has 2 saturated carbocycles. The van der Waals surface area contributed by atoms with Crippen molar-refractivity contribution in [1.82, 2.24) is 0 Å². The molecule has 0 unspecified atom stereocenters. The summed E-state index contributed by atoms with van der Waals surface area (Å²) >= 11 is 4.65. The van der Waals surface area contributed by atoms with Crippen LogP contribution in [-0.4, -0.2) is 11.9 Å². The summed E-state index contributed by atoms with van der Waals surface area (Å²) in [7, 11) is 2.50. The Morgan fingerprint density at radius 1 is 1.20 bits per heavy atom. The Kier molecular flexibility index (Phi) is 1.75. The fourth-order valence-corrected chi connectivity index (χ4v) is 2.28. The highest BCUT2D eigenvalue weighted by Gasteiger charge is 2.37. The fourth-order valence-electron chi connectivity index (χ4n) is 1.75. The maximum Gasteiger partial charge on any atom is 0.135 e. The van der Waals surface area contributed by atoms with E-state index in [0.717, 1.165) is 5.82 Å². The third-order valence-electron chi connectivity index (χ3n) is 2.92. The van der Waals surface area contributed by atoms with Crippen LogP contribution in [0.25, 0.3) is 0 Å². The largest absolute Gasteiger partial charge is 0.182 e. The molecule has 0 atom stereocenters. The normalized spacial score (nSPS) is 30.5. The van der Waals surface area contributed by atoms with E-state index in [-0.39, 0.29) is 0 Å². The van der Waals surface area contributed by atoms with Gasteiger partial charge in [-0.2, -0.15) is 12.6 Å². The fraction of sp³-hybridized carbons (Fsp3) is 1.00. The van der Waals surface area contributed by atoms with Gasteiger partial charge in [-0.05, 0) is 17.5 Å². The van der Waals surface area contributed by atoms with Gasteiger partial charge >= 0.3 is 0 Å². The summed E-state index contributed by atoms with van der Waals surface area (Å²) in [5, 5.41) is 0. The minimum atomic E-state index is 0.366. The van der Waals surface area contributed by atoms with E-state index in [1.165, 1.54) is 38.5 Å². The van der Waals surface area contributed by atoms with Gasteiger partial charge in [-0.15, -0.1) is 0 Å². The summed E-state index contributed by atoms with van der Waals surface area (Å²) in [4.78, 5) is 0. The molecule has 0 bridgehead atoms. The van der Waals surface area contributed by atoms with Crippen LogP contribution in [0.3, 0.4) is 0 Å². The summed E-state index contributed by atoms with van der Waals surface area (Å²) in [5.74, 6) is 0.929. The quantitative estimate of drug-likeness (QED) is 0.457. The highest BCUT2D eigenvalue weighted by atomic mass is 32.1. The van der Waals surface area contributed by atoms with Crippen molar-refractivity contribution in [3.63, 3.8) is 0 Å². The average Bonchev–Trinajstić information content (AvgIpc) is 1.74. The van der Waals surface area contributed by atoms with Crippen molar-refractivity contribution in [2.75, 3.05) is 0 Å². The smallest absolute Gasteiger partial charge is 0.135 e. The summed E-state index contributed by atoms with van der Waals surface area (Å²) in [5.41, 5.74) is 0. The lowest BCUT2D eigenvalue weighted by Gasteiger charge is -2.41. The molecule has 2 aliphatic carbocycles. The number of hydrogen-bond donors (Lipinski definition) is 1. The van der Waals surface area contributed by atoms with E-state index in [9.17, 15) is 0 Å². The molecule has 0 aliphatic heterocycles. The molecule has 0 saturated heterocycles. The van der Waals surface area contributed by atoms with Crippen LogP contribution < -0.4 is 0 Å². The maximum atomic E-state index is 4.65. The summed E-state index contributed by atoms with van der Waals surface area (Å²) < 4.78 is 0.366. The van der Waals surface area contributed by atoms with Gasteiger partial charge < -0.3 is 0 Å². The van der Waals surface area contributed by atoms with Gasteiger partial charge in [-0.3, -0.25) is 0 Å². The monoisotopic (exact) mass is 153 g/mol. The Morgan fingerprint density at radius 3 is 2.20 bits per heavy atom. The van der Waals surface area contributed by atoms with Crippen LogP contribution >= 0.6 is 12.6 Å². The van der Waals surface area contributed by atoms with Gasteiger partial charge in [0.25, 0.3) is 0 Å². The molecule has 10 heavy (non-hydrogen) atoms. The highest BCUT2D eigenvalue weighted by molar-refractivity contribution is 7.83. The van der Waals surface area contributed by atoms with Crippen LogP contribution in [0.4, 0.5) is 0 Å². The van der Waals surface area contributed by atoms with E-state index < -0.39 is 0 Å². The molecule has 55 valence electrons. The first-order valence-corrected chi connectivity index (χ1v) is 4.82. The Labute approximate surface area is 69.4 Å². The topological polar surface area (TPSA) is 0 Å². The van der Waals surface area contributed by atoms with Crippen molar-refractivity contribution < 1.29 is 0 Å². The Morgan fingerprint density at radius 2 is 1.90 bits per heavy atom. The van der Waals surface area contributed by atoms with E-state index in [0.29, 0.717) is 4.65 Å². The molecule has 2 heteroatoms. The summed E-state index contributed by atoms with van der Waals surface area (Å²) in [6.45, 7) is 0. The molecule has 2 fully saturated rings. The van der Waals surface area contributed by atoms with Crippen molar-refractivity contribution in [2.24, 2.45) is 0 Å². The third-order valence-corrected chi connectivity index (χ3v) is 3.51. The van der Waals surface area contributed by atoms with Gasteiger partial charge in [-0.25, -0.2) is 0 Å². The zero-order valence-corrected chi connectivity index (χ0v) is 7.24. The molecule has 0 heterocycles. The van der Waals surface area contributed by atoms with E-state index >= 15 is 0 Å². The lowest BCUT2D eigenvalue weighted by molar-refractivity contribution is 0.438. The molecular weight excluding hydrogens is 139 g/mol. The van der Waals surface area contributed by atoms with Crippen molar-refractivity contribution >= 4 is 19.9 Å². The molecule has 1 radical (unpaired) electrons. The first-order valence-electron chi connectivity index (χ1n) is 4.37. The Bertz CT molecular complexity index is 127. The first kappa shape index (κ1) is 7.09. The number of thiol groups is 1. The minimum Gasteiger partial charge on any atom is -0.182 e. The van der Waals surface area contributed by atoms with Crippen LogP contribution in [0.2, 0.25) is 5.82 Å². The van der Waals surface area contributed by atoms with Gasteiger partial charge in [0.1, 0.15) is 7.28 Å². The molecule has 0 aromatic heterocycles. The van der Waals surface area contributed by atoms with Crippen LogP contribution in [0.1, 0.15) is 38.5 Å². The van der Waals surface area contributed by atoms with Crippen LogP contribution in [0.15, 0.2) is 0 Å². The minimum absolute atomic E-state index is 0.366. The summed E-state index contributed by atoms with van der Waals surface area (Å²) in [6.07, 6.45) is 8.36. The molecule has 2 rings (SSSR count). The van der Waals surface area contributed by atoms with Crippen molar-refractivity contribution in [1.29, 1.82) is 0 Å². The van der Waals surface area contributed by atoms with Gasteiger partial charge in [0, 0.05) is 0 Å². The second kappa shape index (κ2) is 2.47. The molecule has 0 aromatic carbocycles. The highest BCUT2D eigenvalue weighted by Crippen LogP contribution is 2.43. The number of hydrogen-bond acceptors (Lipinski definition) is 1. The predicted octanol–water partition coefficient (Wildman–Crippen LogP) is 2.47. The third kappa shape index (κ3) is 1.23. The Balaban J connectivity index is 1.77. The van der Waals surface area contributed by atoms with E-state index in [1.54, 1.807) is 0 Å². The predicted molar refractivity (Wildman–Crippen MR) is 48.9 cm³/mol. The van der Waals surface area contributed by atoms with E-state index in [2.05, 4.69) is 19.9 Å². The van der Waals surface area contributed by atoms with Crippen molar-refractivity contribution in [3.8, 4) is 0 Å². The SMILES string of the molecule is SC1([B]C2CCC2)CCC1. The zero-order chi connectivity index (χ0) is 7.03.